The van der Waals surface area contributed by atoms with Crippen molar-refractivity contribution in [2.45, 2.75) is 18.3 Å². The number of methoxy groups -OCH3 is 1. The number of carbonyl (C=O) groups is 1. The highest BCUT2D eigenvalue weighted by Gasteiger charge is 2.52. The molecule has 1 saturated carbocycles. The highest BCUT2D eigenvalue weighted by molar-refractivity contribution is 6.06. The summed E-state index contributed by atoms with van der Waals surface area (Å²) in [5.41, 5.74) is 7.37. The summed E-state index contributed by atoms with van der Waals surface area (Å²) < 4.78 is 5.24. The number of pyridine rings is 1. The molecular formula is C16H16N2O2. The summed E-state index contributed by atoms with van der Waals surface area (Å²) in [6.07, 6.45) is 3.31. The van der Waals surface area contributed by atoms with Crippen molar-refractivity contribution in [3.63, 3.8) is 0 Å². The third-order valence-electron chi connectivity index (χ3n) is 3.85. The maximum Gasteiger partial charge on any atom is 0.195 e. The number of anilines is 1. The lowest BCUT2D eigenvalue weighted by molar-refractivity contribution is 0.0937. The Morgan fingerprint density at radius 2 is 1.95 bits per heavy atom. The van der Waals surface area contributed by atoms with E-state index in [1.807, 2.05) is 24.3 Å². The highest BCUT2D eigenvalue weighted by Crippen LogP contribution is 2.51. The van der Waals surface area contributed by atoms with Gasteiger partial charge in [0.15, 0.2) is 5.78 Å². The molecule has 0 saturated heterocycles. The predicted molar refractivity (Wildman–Crippen MR) is 76.9 cm³/mol. The SMILES string of the molecule is COc1cccnc1C(=O)C1(c2ccc(N)cc2)CC1. The standard InChI is InChI=1S/C16H16N2O2/c1-20-13-3-2-10-18-14(13)15(19)16(8-9-16)11-4-6-12(17)7-5-11/h2-7,10H,8-9,17H2,1H3. The quantitative estimate of drug-likeness (QED) is 0.683. The molecular weight excluding hydrogens is 252 g/mol. The molecule has 1 aliphatic carbocycles. The molecule has 0 aliphatic heterocycles. The van der Waals surface area contributed by atoms with Gasteiger partial charge in [0, 0.05) is 11.9 Å². The Bertz CT molecular complexity index is 646. The topological polar surface area (TPSA) is 65.2 Å². The second-order valence-corrected chi connectivity index (χ2v) is 5.09. The van der Waals surface area contributed by atoms with E-state index in [1.165, 1.54) is 0 Å². The number of rotatable bonds is 4. The van der Waals surface area contributed by atoms with Crippen molar-refractivity contribution in [1.82, 2.24) is 4.98 Å². The summed E-state index contributed by atoms with van der Waals surface area (Å²) in [4.78, 5) is 17.0. The van der Waals surface area contributed by atoms with Crippen LogP contribution in [-0.4, -0.2) is 17.9 Å². The summed E-state index contributed by atoms with van der Waals surface area (Å²) in [7, 11) is 1.55. The molecule has 102 valence electrons. The maximum absolute atomic E-state index is 12.8. The molecule has 0 unspecified atom stereocenters. The van der Waals surface area contributed by atoms with Gasteiger partial charge in [0.25, 0.3) is 0 Å². The minimum Gasteiger partial charge on any atom is -0.494 e. The molecule has 4 heteroatoms. The lowest BCUT2D eigenvalue weighted by Gasteiger charge is -2.15. The molecule has 2 N–H and O–H groups in total. The van der Waals surface area contributed by atoms with Crippen molar-refractivity contribution in [3.05, 3.63) is 53.9 Å². The lowest BCUT2D eigenvalue weighted by atomic mass is 9.89. The van der Waals surface area contributed by atoms with Gasteiger partial charge in [-0.3, -0.25) is 4.79 Å². The summed E-state index contributed by atoms with van der Waals surface area (Å²) in [6.45, 7) is 0. The van der Waals surface area contributed by atoms with Crippen LogP contribution in [0.15, 0.2) is 42.6 Å². The zero-order valence-electron chi connectivity index (χ0n) is 11.3. The van der Waals surface area contributed by atoms with Crippen LogP contribution in [0.25, 0.3) is 0 Å². The number of ether oxygens (including phenoxy) is 1. The van der Waals surface area contributed by atoms with E-state index in [-0.39, 0.29) is 5.78 Å². The largest absolute Gasteiger partial charge is 0.494 e. The minimum absolute atomic E-state index is 0.0275. The number of aromatic nitrogens is 1. The van der Waals surface area contributed by atoms with Gasteiger partial charge in [-0.15, -0.1) is 0 Å². The molecule has 2 aromatic rings. The Morgan fingerprint density at radius 3 is 2.55 bits per heavy atom. The average molecular weight is 268 g/mol. The average Bonchev–Trinajstić information content (AvgIpc) is 3.29. The van der Waals surface area contributed by atoms with Crippen LogP contribution in [0.3, 0.4) is 0 Å². The summed E-state index contributed by atoms with van der Waals surface area (Å²) in [5, 5.41) is 0. The van der Waals surface area contributed by atoms with Crippen LogP contribution >= 0.6 is 0 Å². The Balaban J connectivity index is 1.99. The van der Waals surface area contributed by atoms with Gasteiger partial charge in [0.1, 0.15) is 11.4 Å². The molecule has 1 aliphatic rings. The monoisotopic (exact) mass is 268 g/mol. The minimum atomic E-state index is -0.449. The van der Waals surface area contributed by atoms with Crippen LogP contribution in [0.4, 0.5) is 5.69 Å². The van der Waals surface area contributed by atoms with E-state index in [4.69, 9.17) is 10.5 Å². The number of benzene rings is 1. The normalized spacial score (nSPS) is 15.7. The van der Waals surface area contributed by atoms with Crippen molar-refractivity contribution in [2.75, 3.05) is 12.8 Å². The third kappa shape index (κ3) is 1.93. The molecule has 0 radical (unpaired) electrons. The fourth-order valence-corrected chi connectivity index (χ4v) is 2.53. The van der Waals surface area contributed by atoms with Gasteiger partial charge in [-0.2, -0.15) is 0 Å². The van der Waals surface area contributed by atoms with Crippen LogP contribution in [0, 0.1) is 0 Å². The number of nitrogen functional groups attached to an aromatic ring is 1. The molecule has 0 spiro atoms. The van der Waals surface area contributed by atoms with E-state index >= 15 is 0 Å². The Labute approximate surface area is 117 Å². The number of nitrogens with zero attached hydrogens (tertiary/aromatic N) is 1. The summed E-state index contributed by atoms with van der Waals surface area (Å²) >= 11 is 0. The second kappa shape index (κ2) is 4.63. The van der Waals surface area contributed by atoms with E-state index in [1.54, 1.807) is 25.4 Å². The first kappa shape index (κ1) is 12.7. The van der Waals surface area contributed by atoms with Crippen LogP contribution in [-0.2, 0) is 5.41 Å². The summed E-state index contributed by atoms with van der Waals surface area (Å²) in [6, 6.07) is 11.0. The fraction of sp³-hybridized carbons (Fsp3) is 0.250. The summed E-state index contributed by atoms with van der Waals surface area (Å²) in [5.74, 6) is 0.555. The van der Waals surface area contributed by atoms with E-state index in [0.29, 0.717) is 17.1 Å². The van der Waals surface area contributed by atoms with Gasteiger partial charge in [-0.25, -0.2) is 4.98 Å². The molecule has 20 heavy (non-hydrogen) atoms. The predicted octanol–water partition coefficient (Wildman–Crippen LogP) is 2.59. The van der Waals surface area contributed by atoms with E-state index < -0.39 is 5.41 Å². The van der Waals surface area contributed by atoms with Gasteiger partial charge >= 0.3 is 0 Å². The Hall–Kier alpha value is -2.36. The first-order chi connectivity index (χ1) is 9.67. The Kier molecular flexibility index (Phi) is 2.93. The van der Waals surface area contributed by atoms with Crippen molar-refractivity contribution < 1.29 is 9.53 Å². The number of hydrogen-bond donors (Lipinski definition) is 1. The number of ketones is 1. The molecule has 0 bridgehead atoms. The van der Waals surface area contributed by atoms with E-state index in [0.717, 1.165) is 18.4 Å². The van der Waals surface area contributed by atoms with Crippen LogP contribution in [0.1, 0.15) is 28.9 Å². The van der Waals surface area contributed by atoms with Crippen LogP contribution in [0.5, 0.6) is 5.75 Å². The first-order valence-corrected chi connectivity index (χ1v) is 6.57. The number of carbonyl (C=O) groups excluding carboxylic acids is 1. The fourth-order valence-electron chi connectivity index (χ4n) is 2.53. The zero-order chi connectivity index (χ0) is 14.2. The van der Waals surface area contributed by atoms with Gasteiger partial charge in [-0.1, -0.05) is 12.1 Å². The van der Waals surface area contributed by atoms with Crippen molar-refractivity contribution in [3.8, 4) is 5.75 Å². The van der Waals surface area contributed by atoms with E-state index in [2.05, 4.69) is 4.98 Å². The van der Waals surface area contributed by atoms with Crippen molar-refractivity contribution in [1.29, 1.82) is 0 Å². The van der Waals surface area contributed by atoms with Crippen LogP contribution in [0.2, 0.25) is 0 Å². The van der Waals surface area contributed by atoms with Gasteiger partial charge < -0.3 is 10.5 Å². The second-order valence-electron chi connectivity index (χ2n) is 5.09. The van der Waals surface area contributed by atoms with Crippen LogP contribution < -0.4 is 10.5 Å². The number of nitrogens with two attached hydrogens (primary N) is 1. The smallest absolute Gasteiger partial charge is 0.195 e. The van der Waals surface area contributed by atoms with Crippen molar-refractivity contribution >= 4 is 11.5 Å². The number of hydrogen-bond acceptors (Lipinski definition) is 4. The zero-order valence-corrected chi connectivity index (χ0v) is 11.3. The molecule has 3 rings (SSSR count). The van der Waals surface area contributed by atoms with Gasteiger partial charge in [0.05, 0.1) is 12.5 Å². The third-order valence-corrected chi connectivity index (χ3v) is 3.85. The Morgan fingerprint density at radius 1 is 1.25 bits per heavy atom. The number of Topliss-reactive ketones (excluding diaryl/α,β-unsaturated/α-hetero) is 1. The molecule has 0 atom stereocenters. The lowest BCUT2D eigenvalue weighted by Crippen LogP contribution is -2.22. The molecule has 1 fully saturated rings. The first-order valence-electron chi connectivity index (χ1n) is 6.57. The molecule has 0 amide bonds. The van der Waals surface area contributed by atoms with Crippen molar-refractivity contribution in [2.24, 2.45) is 0 Å². The molecule has 1 heterocycles. The molecule has 4 nitrogen and oxygen atoms in total. The maximum atomic E-state index is 12.8. The molecule has 1 aromatic carbocycles. The van der Waals surface area contributed by atoms with Gasteiger partial charge in [0.2, 0.25) is 0 Å². The van der Waals surface area contributed by atoms with E-state index in [9.17, 15) is 4.79 Å². The van der Waals surface area contributed by atoms with Gasteiger partial charge in [-0.05, 0) is 42.7 Å². The highest BCUT2D eigenvalue weighted by atomic mass is 16.5. The molecule has 1 aromatic heterocycles.